The molecule has 0 saturated carbocycles. The van der Waals surface area contributed by atoms with Crippen LogP contribution >= 0.6 is 0 Å². The molecule has 0 radical (unpaired) electrons. The molecular weight excluding hydrogens is 397 g/mol. The number of hydrogen-bond donors (Lipinski definition) is 1. The van der Waals surface area contributed by atoms with Crippen LogP contribution in [0.4, 0.5) is 18.9 Å². The minimum absolute atomic E-state index is 0.0555. The number of hydrogen-bond acceptors (Lipinski definition) is 4. The van der Waals surface area contributed by atoms with E-state index in [0.717, 1.165) is 31.5 Å². The molecule has 0 unspecified atom stereocenters. The first kappa shape index (κ1) is 19.9. The van der Waals surface area contributed by atoms with Gasteiger partial charge in [0.25, 0.3) is 5.91 Å². The summed E-state index contributed by atoms with van der Waals surface area (Å²) in [5.41, 5.74) is 0.458. The van der Waals surface area contributed by atoms with Crippen LogP contribution in [0.15, 0.2) is 42.5 Å². The fraction of sp³-hybridized carbons (Fsp3) is 0.286. The molecule has 0 spiro atoms. The molecule has 1 N–H and O–H groups in total. The predicted molar refractivity (Wildman–Crippen MR) is 104 cm³/mol. The average Bonchev–Trinajstić information content (AvgIpc) is 2.97. The number of nitrogens with one attached hydrogen (secondary N) is 1. The molecule has 1 aliphatic rings. The van der Waals surface area contributed by atoms with Gasteiger partial charge in [0.2, 0.25) is 0 Å². The molecule has 30 heavy (non-hydrogen) atoms. The number of carbonyl (C=O) groups is 1. The Bertz CT molecular complexity index is 1070. The molecule has 0 aliphatic carbocycles. The highest BCUT2D eigenvalue weighted by atomic mass is 19.3. The Hall–Kier alpha value is -3.36. The lowest BCUT2D eigenvalue weighted by Gasteiger charge is -2.12. The molecule has 0 bridgehead atoms. The number of rotatable bonds is 5. The Balaban J connectivity index is 1.62. The van der Waals surface area contributed by atoms with Gasteiger partial charge in [-0.15, -0.1) is 10.2 Å². The fourth-order valence-corrected chi connectivity index (χ4v) is 3.51. The van der Waals surface area contributed by atoms with Crippen LogP contribution in [-0.2, 0) is 13.0 Å². The zero-order valence-electron chi connectivity index (χ0n) is 15.9. The van der Waals surface area contributed by atoms with E-state index in [9.17, 15) is 18.0 Å². The number of carbonyl (C=O) groups excluding carboxylic acids is 1. The van der Waals surface area contributed by atoms with Crippen molar-refractivity contribution in [3.63, 3.8) is 0 Å². The number of aryl methyl sites for hydroxylation is 1. The van der Waals surface area contributed by atoms with Crippen molar-refractivity contribution in [2.24, 2.45) is 0 Å². The number of fused-ring (bicyclic) bond motifs is 1. The van der Waals surface area contributed by atoms with Crippen LogP contribution in [0.3, 0.4) is 0 Å². The summed E-state index contributed by atoms with van der Waals surface area (Å²) in [7, 11) is 0. The number of benzene rings is 2. The van der Waals surface area contributed by atoms with Crippen molar-refractivity contribution in [2.75, 3.05) is 5.32 Å². The van der Waals surface area contributed by atoms with E-state index in [0.29, 0.717) is 18.1 Å². The van der Waals surface area contributed by atoms with Gasteiger partial charge in [0.05, 0.1) is 11.1 Å². The fourth-order valence-electron chi connectivity index (χ4n) is 3.51. The molecule has 9 heteroatoms. The molecule has 3 aromatic rings. The normalized spacial score (nSPS) is 13.6. The first-order chi connectivity index (χ1) is 14.5. The van der Waals surface area contributed by atoms with Gasteiger partial charge in [-0.2, -0.15) is 8.78 Å². The first-order valence-corrected chi connectivity index (χ1v) is 9.60. The lowest BCUT2D eigenvalue weighted by molar-refractivity contribution is -0.0501. The second-order valence-corrected chi connectivity index (χ2v) is 6.93. The van der Waals surface area contributed by atoms with E-state index in [-0.39, 0.29) is 16.9 Å². The molecule has 1 aliphatic heterocycles. The zero-order valence-corrected chi connectivity index (χ0v) is 15.9. The van der Waals surface area contributed by atoms with Crippen molar-refractivity contribution in [2.45, 2.75) is 38.8 Å². The number of alkyl halides is 2. The van der Waals surface area contributed by atoms with E-state index < -0.39 is 18.3 Å². The molecule has 6 nitrogen and oxygen atoms in total. The van der Waals surface area contributed by atoms with Crippen molar-refractivity contribution in [3.05, 3.63) is 59.7 Å². The van der Waals surface area contributed by atoms with Crippen molar-refractivity contribution in [3.8, 4) is 17.1 Å². The highest BCUT2D eigenvalue weighted by Gasteiger charge is 2.20. The largest absolute Gasteiger partial charge is 0.434 e. The Morgan fingerprint density at radius 1 is 1.10 bits per heavy atom. The van der Waals surface area contributed by atoms with Crippen LogP contribution in [0.25, 0.3) is 11.4 Å². The van der Waals surface area contributed by atoms with Crippen LogP contribution in [0.2, 0.25) is 0 Å². The highest BCUT2D eigenvalue weighted by molar-refractivity contribution is 6.06. The molecular formula is C21H19F3N4O2. The summed E-state index contributed by atoms with van der Waals surface area (Å²) in [6.45, 7) is -2.36. The second kappa shape index (κ2) is 8.56. The van der Waals surface area contributed by atoms with Crippen LogP contribution < -0.4 is 10.1 Å². The number of amides is 1. The number of para-hydroxylation sites is 1. The highest BCUT2D eigenvalue weighted by Crippen LogP contribution is 2.28. The maximum Gasteiger partial charge on any atom is 0.387 e. The molecule has 0 fully saturated rings. The van der Waals surface area contributed by atoms with E-state index in [4.69, 9.17) is 0 Å². The molecule has 0 atom stereocenters. The van der Waals surface area contributed by atoms with Gasteiger partial charge in [-0.1, -0.05) is 18.6 Å². The number of anilines is 1. The van der Waals surface area contributed by atoms with Gasteiger partial charge in [0, 0.05) is 18.7 Å². The molecule has 156 valence electrons. The maximum atomic E-state index is 14.6. The Labute approximate surface area is 170 Å². The third-order valence-electron chi connectivity index (χ3n) is 4.92. The smallest absolute Gasteiger partial charge is 0.387 e. The minimum Gasteiger partial charge on any atom is -0.434 e. The predicted octanol–water partition coefficient (Wildman–Crippen LogP) is 4.66. The molecule has 2 heterocycles. The van der Waals surface area contributed by atoms with Crippen molar-refractivity contribution in [1.82, 2.24) is 14.8 Å². The van der Waals surface area contributed by atoms with Crippen LogP contribution in [0.5, 0.6) is 5.75 Å². The van der Waals surface area contributed by atoms with E-state index in [1.165, 1.54) is 42.5 Å². The topological polar surface area (TPSA) is 69.0 Å². The van der Waals surface area contributed by atoms with Crippen molar-refractivity contribution in [1.29, 1.82) is 0 Å². The van der Waals surface area contributed by atoms with Crippen LogP contribution in [-0.4, -0.2) is 27.3 Å². The lowest BCUT2D eigenvalue weighted by Crippen LogP contribution is -2.15. The summed E-state index contributed by atoms with van der Waals surface area (Å²) in [4.78, 5) is 12.6. The van der Waals surface area contributed by atoms with Gasteiger partial charge in [-0.3, -0.25) is 4.79 Å². The Kier molecular flexibility index (Phi) is 5.69. The molecule has 2 aromatic carbocycles. The third kappa shape index (κ3) is 4.14. The van der Waals surface area contributed by atoms with Gasteiger partial charge < -0.3 is 14.6 Å². The first-order valence-electron chi connectivity index (χ1n) is 9.60. The summed E-state index contributed by atoms with van der Waals surface area (Å²) in [6, 6.07) is 9.76. The van der Waals surface area contributed by atoms with Crippen LogP contribution in [0.1, 0.15) is 35.4 Å². The summed E-state index contributed by atoms with van der Waals surface area (Å²) in [6.07, 6.45) is 3.82. The lowest BCUT2D eigenvalue weighted by atomic mass is 10.1. The van der Waals surface area contributed by atoms with Gasteiger partial charge in [0.15, 0.2) is 5.82 Å². The number of nitrogens with zero attached hydrogens (tertiary/aromatic N) is 3. The molecule has 1 aromatic heterocycles. The van der Waals surface area contributed by atoms with Gasteiger partial charge in [0.1, 0.15) is 17.4 Å². The van der Waals surface area contributed by atoms with E-state index in [2.05, 4.69) is 20.3 Å². The number of halogens is 3. The van der Waals surface area contributed by atoms with Gasteiger partial charge >= 0.3 is 6.61 Å². The quantitative estimate of drug-likeness (QED) is 0.657. The monoisotopic (exact) mass is 416 g/mol. The number of ether oxygens (including phenoxy) is 1. The van der Waals surface area contributed by atoms with E-state index >= 15 is 0 Å². The zero-order chi connectivity index (χ0) is 21.1. The van der Waals surface area contributed by atoms with Gasteiger partial charge in [-0.05, 0) is 43.2 Å². The summed E-state index contributed by atoms with van der Waals surface area (Å²) < 4.78 is 46.1. The van der Waals surface area contributed by atoms with Crippen molar-refractivity contribution >= 4 is 11.6 Å². The van der Waals surface area contributed by atoms with Gasteiger partial charge in [-0.25, -0.2) is 4.39 Å². The standard InChI is InChI=1S/C21H19F3N4O2/c22-16-10-9-13(25-20(29)14-6-3-4-7-17(14)30-21(23)24)12-15(16)19-27-26-18-8-2-1-5-11-28(18)19/h3-4,6-7,9-10,12,21H,1-2,5,8,11H2,(H,25,29). The second-order valence-electron chi connectivity index (χ2n) is 6.93. The summed E-state index contributed by atoms with van der Waals surface area (Å²) >= 11 is 0. The van der Waals surface area contributed by atoms with E-state index in [1.807, 2.05) is 4.57 Å². The maximum absolute atomic E-state index is 14.6. The third-order valence-corrected chi connectivity index (χ3v) is 4.92. The minimum atomic E-state index is -3.06. The summed E-state index contributed by atoms with van der Waals surface area (Å²) in [5, 5.41) is 10.9. The van der Waals surface area contributed by atoms with E-state index in [1.54, 1.807) is 0 Å². The molecule has 0 saturated heterocycles. The average molecular weight is 416 g/mol. The summed E-state index contributed by atoms with van der Waals surface area (Å²) in [5.74, 6) is -0.163. The SMILES string of the molecule is O=C(Nc1ccc(F)c(-c2nnc3n2CCCCC3)c1)c1ccccc1OC(F)F. The Morgan fingerprint density at radius 3 is 2.77 bits per heavy atom. The molecule has 4 rings (SSSR count). The van der Waals surface area contributed by atoms with Crippen LogP contribution in [0, 0.1) is 5.82 Å². The van der Waals surface area contributed by atoms with Crippen molar-refractivity contribution < 1.29 is 22.7 Å². The molecule has 1 amide bonds. The Morgan fingerprint density at radius 2 is 1.93 bits per heavy atom. The number of aromatic nitrogens is 3.